The van der Waals surface area contributed by atoms with Crippen molar-refractivity contribution >= 4 is 17.2 Å². The van der Waals surface area contributed by atoms with Crippen LogP contribution in [-0.4, -0.2) is 18.5 Å². The van der Waals surface area contributed by atoms with Gasteiger partial charge in [0.2, 0.25) is 5.91 Å². The fraction of sp³-hybridized carbons (Fsp3) is 0.667. The van der Waals surface area contributed by atoms with Crippen molar-refractivity contribution in [2.24, 2.45) is 5.73 Å². The van der Waals surface area contributed by atoms with E-state index >= 15 is 0 Å². The second-order valence-corrected chi connectivity index (χ2v) is 6.72. The molecule has 3 N–H and O–H groups in total. The minimum Gasteiger partial charge on any atom is -0.355 e. The molecule has 4 heteroatoms. The van der Waals surface area contributed by atoms with Crippen molar-refractivity contribution in [1.82, 2.24) is 5.32 Å². The Morgan fingerprint density at radius 1 is 1.47 bits per heavy atom. The Kier molecular flexibility index (Phi) is 4.99. The van der Waals surface area contributed by atoms with Gasteiger partial charge in [0.1, 0.15) is 0 Å². The van der Waals surface area contributed by atoms with Crippen molar-refractivity contribution in [3.8, 4) is 0 Å². The van der Waals surface area contributed by atoms with Crippen LogP contribution in [0.2, 0.25) is 0 Å². The van der Waals surface area contributed by atoms with E-state index in [1.54, 1.807) is 0 Å². The molecule has 106 valence electrons. The van der Waals surface area contributed by atoms with E-state index in [0.717, 1.165) is 6.54 Å². The van der Waals surface area contributed by atoms with Crippen LogP contribution in [0.5, 0.6) is 0 Å². The van der Waals surface area contributed by atoms with Crippen molar-refractivity contribution in [1.29, 1.82) is 0 Å². The van der Waals surface area contributed by atoms with Crippen molar-refractivity contribution in [3.63, 3.8) is 0 Å². The predicted molar refractivity (Wildman–Crippen MR) is 80.4 cm³/mol. The fourth-order valence-electron chi connectivity index (χ4n) is 2.95. The maximum atomic E-state index is 11.8. The van der Waals surface area contributed by atoms with Gasteiger partial charge in [0.15, 0.2) is 0 Å². The highest BCUT2D eigenvalue weighted by Crippen LogP contribution is 2.41. The molecule has 3 nitrogen and oxygen atoms in total. The Hall–Kier alpha value is -0.870. The van der Waals surface area contributed by atoms with Crippen molar-refractivity contribution in [3.05, 3.63) is 22.4 Å². The van der Waals surface area contributed by atoms with Crippen molar-refractivity contribution < 1.29 is 4.79 Å². The van der Waals surface area contributed by atoms with E-state index in [0.29, 0.717) is 6.42 Å². The van der Waals surface area contributed by atoms with Crippen LogP contribution in [0.25, 0.3) is 0 Å². The lowest BCUT2D eigenvalue weighted by Crippen LogP contribution is -2.42. The normalized spacial score (nSPS) is 19.9. The van der Waals surface area contributed by atoms with Gasteiger partial charge in [0.05, 0.1) is 0 Å². The highest BCUT2D eigenvalue weighted by Gasteiger charge is 2.35. The average Bonchev–Trinajstić information content (AvgIpc) is 2.91. The van der Waals surface area contributed by atoms with Crippen LogP contribution in [0.3, 0.4) is 0 Å². The fourth-order valence-corrected chi connectivity index (χ4v) is 3.94. The number of thiophene rings is 1. The quantitative estimate of drug-likeness (QED) is 0.871. The van der Waals surface area contributed by atoms with E-state index in [1.807, 2.05) is 18.3 Å². The molecule has 1 fully saturated rings. The second kappa shape index (κ2) is 6.53. The van der Waals surface area contributed by atoms with Crippen LogP contribution in [0.15, 0.2) is 17.5 Å². The first-order chi connectivity index (χ1) is 9.12. The summed E-state index contributed by atoms with van der Waals surface area (Å²) >= 11 is 1.82. The van der Waals surface area contributed by atoms with E-state index in [-0.39, 0.29) is 17.4 Å². The number of nitrogens with two attached hydrogens (primary N) is 1. The maximum absolute atomic E-state index is 11.8. The molecule has 0 aromatic carbocycles. The van der Waals surface area contributed by atoms with Gasteiger partial charge < -0.3 is 11.1 Å². The molecule has 0 aliphatic heterocycles. The highest BCUT2D eigenvalue weighted by atomic mass is 32.1. The Balaban J connectivity index is 2.01. The largest absolute Gasteiger partial charge is 0.355 e. The monoisotopic (exact) mass is 280 g/mol. The van der Waals surface area contributed by atoms with Crippen molar-refractivity contribution in [2.75, 3.05) is 6.54 Å². The summed E-state index contributed by atoms with van der Waals surface area (Å²) in [5.41, 5.74) is 5.84. The lowest BCUT2D eigenvalue weighted by atomic mass is 9.73. The van der Waals surface area contributed by atoms with E-state index in [1.165, 1.54) is 37.0 Å². The van der Waals surface area contributed by atoms with Gasteiger partial charge in [-0.15, -0.1) is 11.3 Å². The molecule has 19 heavy (non-hydrogen) atoms. The standard InChI is InChI=1S/C15H24N2OS/c1-12(16)10-14(18)17-11-15(7-3-2-4-8-15)13-6-5-9-19-13/h5-6,9,12H,2-4,7-8,10-11,16H2,1H3,(H,17,18). The lowest BCUT2D eigenvalue weighted by molar-refractivity contribution is -0.121. The van der Waals surface area contributed by atoms with Crippen LogP contribution in [-0.2, 0) is 10.2 Å². The van der Waals surface area contributed by atoms with Gasteiger partial charge in [0.25, 0.3) is 0 Å². The van der Waals surface area contributed by atoms with Crippen LogP contribution in [0, 0.1) is 0 Å². The third kappa shape index (κ3) is 3.80. The molecule has 0 bridgehead atoms. The molecule has 1 aliphatic carbocycles. The zero-order valence-corrected chi connectivity index (χ0v) is 12.5. The number of hydrogen-bond donors (Lipinski definition) is 2. The van der Waals surface area contributed by atoms with Crippen LogP contribution in [0.4, 0.5) is 0 Å². The van der Waals surface area contributed by atoms with Gasteiger partial charge in [-0.25, -0.2) is 0 Å². The van der Waals surface area contributed by atoms with Crippen LogP contribution in [0.1, 0.15) is 50.3 Å². The summed E-state index contributed by atoms with van der Waals surface area (Å²) < 4.78 is 0. The van der Waals surface area contributed by atoms with Gasteiger partial charge in [-0.3, -0.25) is 4.79 Å². The molecule has 1 unspecified atom stereocenters. The van der Waals surface area contributed by atoms with E-state index in [9.17, 15) is 4.79 Å². The molecular weight excluding hydrogens is 256 g/mol. The van der Waals surface area contributed by atoms with Crippen LogP contribution < -0.4 is 11.1 Å². The van der Waals surface area contributed by atoms with Gasteiger partial charge >= 0.3 is 0 Å². The Bertz CT molecular complexity index is 394. The highest BCUT2D eigenvalue weighted by molar-refractivity contribution is 7.10. The third-order valence-corrected chi connectivity index (χ3v) is 5.10. The molecule has 1 aliphatic rings. The molecule has 1 aromatic heterocycles. The molecule has 2 rings (SSSR count). The van der Waals surface area contributed by atoms with E-state index in [4.69, 9.17) is 5.73 Å². The number of carbonyl (C=O) groups is 1. The molecule has 1 atom stereocenters. The summed E-state index contributed by atoms with van der Waals surface area (Å²) in [5.74, 6) is 0.0801. The third-order valence-electron chi connectivity index (χ3n) is 3.99. The zero-order valence-electron chi connectivity index (χ0n) is 11.7. The number of rotatable bonds is 5. The first-order valence-electron chi connectivity index (χ1n) is 7.19. The molecule has 0 saturated heterocycles. The maximum Gasteiger partial charge on any atom is 0.221 e. The Morgan fingerprint density at radius 3 is 2.79 bits per heavy atom. The molecule has 1 heterocycles. The molecule has 1 aromatic rings. The van der Waals surface area contributed by atoms with Crippen LogP contribution >= 0.6 is 11.3 Å². The average molecular weight is 280 g/mol. The molecule has 0 spiro atoms. The van der Waals surface area contributed by atoms with E-state index in [2.05, 4.69) is 22.8 Å². The van der Waals surface area contributed by atoms with Gasteiger partial charge in [-0.2, -0.15) is 0 Å². The summed E-state index contributed by atoms with van der Waals surface area (Å²) in [6.45, 7) is 2.63. The van der Waals surface area contributed by atoms with E-state index < -0.39 is 0 Å². The summed E-state index contributed by atoms with van der Waals surface area (Å²) in [4.78, 5) is 13.2. The first kappa shape index (κ1) is 14.5. The number of amides is 1. The first-order valence-corrected chi connectivity index (χ1v) is 8.07. The number of carbonyl (C=O) groups excluding carboxylic acids is 1. The minimum absolute atomic E-state index is 0.0657. The van der Waals surface area contributed by atoms with Crippen molar-refractivity contribution in [2.45, 2.75) is 56.9 Å². The number of nitrogens with one attached hydrogen (secondary N) is 1. The predicted octanol–water partition coefficient (Wildman–Crippen LogP) is 2.80. The molecular formula is C15H24N2OS. The summed E-state index contributed by atoms with van der Waals surface area (Å²) in [5, 5.41) is 5.23. The van der Waals surface area contributed by atoms with Gasteiger partial charge in [0, 0.05) is 29.3 Å². The van der Waals surface area contributed by atoms with Gasteiger partial charge in [-0.1, -0.05) is 25.3 Å². The molecule has 1 amide bonds. The summed E-state index contributed by atoms with van der Waals surface area (Å²) in [7, 11) is 0. The Labute approximate surface area is 119 Å². The minimum atomic E-state index is -0.0657. The number of hydrogen-bond acceptors (Lipinski definition) is 3. The summed E-state index contributed by atoms with van der Waals surface area (Å²) in [6.07, 6.45) is 6.64. The molecule has 1 saturated carbocycles. The molecule has 0 radical (unpaired) electrons. The topological polar surface area (TPSA) is 55.1 Å². The smallest absolute Gasteiger partial charge is 0.221 e. The lowest BCUT2D eigenvalue weighted by Gasteiger charge is -2.36. The Morgan fingerprint density at radius 2 is 2.21 bits per heavy atom. The summed E-state index contributed by atoms with van der Waals surface area (Å²) in [6, 6.07) is 4.26. The zero-order chi connectivity index (χ0) is 13.7. The second-order valence-electron chi connectivity index (χ2n) is 5.78. The SMILES string of the molecule is CC(N)CC(=O)NCC1(c2cccs2)CCCCC1. The van der Waals surface area contributed by atoms with Gasteiger partial charge in [-0.05, 0) is 31.2 Å².